The van der Waals surface area contributed by atoms with Gasteiger partial charge in [-0.3, -0.25) is 0 Å². The molecule has 3 nitrogen and oxygen atoms in total. The monoisotopic (exact) mass is 247 g/mol. The van der Waals surface area contributed by atoms with Gasteiger partial charge in [0.2, 0.25) is 0 Å². The van der Waals surface area contributed by atoms with Crippen LogP contribution in [-0.4, -0.2) is 9.97 Å². The van der Waals surface area contributed by atoms with Gasteiger partial charge in [-0.2, -0.15) is 0 Å². The molecule has 1 heterocycles. The summed E-state index contributed by atoms with van der Waals surface area (Å²) in [6.07, 6.45) is 6.58. The van der Waals surface area contributed by atoms with Crippen molar-refractivity contribution < 1.29 is 0 Å². The summed E-state index contributed by atoms with van der Waals surface area (Å²) in [7, 11) is 0. The maximum absolute atomic E-state index is 6.18. The topological polar surface area (TPSA) is 51.8 Å². The quantitative estimate of drug-likeness (QED) is 0.889. The van der Waals surface area contributed by atoms with Gasteiger partial charge in [-0.1, -0.05) is 33.1 Å². The molecule has 1 aromatic rings. The Morgan fingerprint density at radius 2 is 1.83 bits per heavy atom. The van der Waals surface area contributed by atoms with Crippen molar-refractivity contribution in [3.63, 3.8) is 0 Å². The molecule has 1 aliphatic carbocycles. The van der Waals surface area contributed by atoms with Crippen molar-refractivity contribution in [1.82, 2.24) is 9.97 Å². The summed E-state index contributed by atoms with van der Waals surface area (Å²) in [6, 6.07) is 2.10. The van der Waals surface area contributed by atoms with Crippen molar-refractivity contribution in [2.24, 2.45) is 11.7 Å². The summed E-state index contributed by atoms with van der Waals surface area (Å²) in [5, 5.41) is 0. The standard InChI is InChI=1S/C15H25N3/c1-10(2)14(16)15-17-11(3)9-13(18-15)12-7-5-4-6-8-12/h9-10,12,14H,4-8,16H2,1-3H3. The van der Waals surface area contributed by atoms with Crippen molar-refractivity contribution in [2.75, 3.05) is 0 Å². The first-order valence-corrected chi connectivity index (χ1v) is 7.19. The molecular formula is C15H25N3. The fourth-order valence-electron chi connectivity index (χ4n) is 2.67. The normalized spacial score (nSPS) is 19.2. The van der Waals surface area contributed by atoms with E-state index < -0.39 is 0 Å². The number of nitrogens with zero attached hydrogens (tertiary/aromatic N) is 2. The van der Waals surface area contributed by atoms with Crippen LogP contribution in [0.1, 0.15) is 75.1 Å². The lowest BCUT2D eigenvalue weighted by atomic mass is 9.86. The van der Waals surface area contributed by atoms with Crippen molar-refractivity contribution in [3.8, 4) is 0 Å². The summed E-state index contributed by atoms with van der Waals surface area (Å²) in [6.45, 7) is 6.29. The fraction of sp³-hybridized carbons (Fsp3) is 0.733. The van der Waals surface area contributed by atoms with Crippen LogP contribution in [0.25, 0.3) is 0 Å². The minimum Gasteiger partial charge on any atom is -0.321 e. The average molecular weight is 247 g/mol. The summed E-state index contributed by atoms with van der Waals surface area (Å²) >= 11 is 0. The molecule has 1 unspecified atom stereocenters. The van der Waals surface area contributed by atoms with E-state index in [-0.39, 0.29) is 6.04 Å². The smallest absolute Gasteiger partial charge is 0.145 e. The second-order valence-corrected chi connectivity index (χ2v) is 5.90. The maximum Gasteiger partial charge on any atom is 0.145 e. The fourth-order valence-corrected chi connectivity index (χ4v) is 2.67. The van der Waals surface area contributed by atoms with Crippen LogP contribution in [0.15, 0.2) is 6.07 Å². The molecule has 100 valence electrons. The Bertz CT molecular complexity index is 395. The van der Waals surface area contributed by atoms with Crippen LogP contribution >= 0.6 is 0 Å². The largest absolute Gasteiger partial charge is 0.321 e. The van der Waals surface area contributed by atoms with Crippen LogP contribution in [-0.2, 0) is 0 Å². The Labute approximate surface area is 110 Å². The molecule has 3 heteroatoms. The first-order chi connectivity index (χ1) is 8.58. The first kappa shape index (κ1) is 13.5. The van der Waals surface area contributed by atoms with Crippen molar-refractivity contribution >= 4 is 0 Å². The summed E-state index contributed by atoms with van der Waals surface area (Å²) in [4.78, 5) is 9.26. The van der Waals surface area contributed by atoms with E-state index in [0.717, 1.165) is 11.5 Å². The van der Waals surface area contributed by atoms with Gasteiger partial charge < -0.3 is 5.73 Å². The lowest BCUT2D eigenvalue weighted by Crippen LogP contribution is -2.21. The number of hydrogen-bond acceptors (Lipinski definition) is 3. The van der Waals surface area contributed by atoms with E-state index in [1.807, 2.05) is 6.92 Å². The van der Waals surface area contributed by atoms with E-state index in [1.165, 1.54) is 37.8 Å². The predicted octanol–water partition coefficient (Wildman–Crippen LogP) is 3.49. The highest BCUT2D eigenvalue weighted by molar-refractivity contribution is 5.16. The second kappa shape index (κ2) is 5.79. The first-order valence-electron chi connectivity index (χ1n) is 7.19. The molecule has 18 heavy (non-hydrogen) atoms. The molecule has 1 aromatic heterocycles. The molecule has 0 spiro atoms. The lowest BCUT2D eigenvalue weighted by Gasteiger charge is -2.23. The average Bonchev–Trinajstić information content (AvgIpc) is 2.38. The van der Waals surface area contributed by atoms with E-state index in [4.69, 9.17) is 10.7 Å². The Kier molecular flexibility index (Phi) is 4.33. The second-order valence-electron chi connectivity index (χ2n) is 5.90. The van der Waals surface area contributed by atoms with E-state index in [1.54, 1.807) is 0 Å². The minimum absolute atomic E-state index is 0.0489. The number of nitrogens with two attached hydrogens (primary N) is 1. The third kappa shape index (κ3) is 3.08. The van der Waals surface area contributed by atoms with Gasteiger partial charge in [0.05, 0.1) is 6.04 Å². The molecule has 0 saturated heterocycles. The van der Waals surface area contributed by atoms with Gasteiger partial charge >= 0.3 is 0 Å². The van der Waals surface area contributed by atoms with E-state index in [9.17, 15) is 0 Å². The highest BCUT2D eigenvalue weighted by Gasteiger charge is 2.20. The molecule has 1 fully saturated rings. The van der Waals surface area contributed by atoms with Gasteiger partial charge in [0.25, 0.3) is 0 Å². The van der Waals surface area contributed by atoms with Crippen LogP contribution in [0, 0.1) is 12.8 Å². The van der Waals surface area contributed by atoms with Gasteiger partial charge in [-0.25, -0.2) is 9.97 Å². The van der Waals surface area contributed by atoms with Crippen LogP contribution in [0.3, 0.4) is 0 Å². The number of aromatic nitrogens is 2. The zero-order valence-electron chi connectivity index (χ0n) is 11.8. The van der Waals surface area contributed by atoms with Crippen LogP contribution < -0.4 is 5.73 Å². The third-order valence-electron chi connectivity index (χ3n) is 3.93. The van der Waals surface area contributed by atoms with E-state index in [2.05, 4.69) is 24.9 Å². The number of rotatable bonds is 3. The maximum atomic E-state index is 6.18. The summed E-state index contributed by atoms with van der Waals surface area (Å²) in [5.41, 5.74) is 8.45. The Balaban J connectivity index is 2.25. The van der Waals surface area contributed by atoms with Crippen molar-refractivity contribution in [2.45, 2.75) is 64.8 Å². The van der Waals surface area contributed by atoms with Crippen molar-refractivity contribution in [1.29, 1.82) is 0 Å². The molecule has 0 bridgehead atoms. The van der Waals surface area contributed by atoms with Crippen LogP contribution in [0.2, 0.25) is 0 Å². The Hall–Kier alpha value is -0.960. The predicted molar refractivity (Wildman–Crippen MR) is 74.4 cm³/mol. The van der Waals surface area contributed by atoms with E-state index in [0.29, 0.717) is 11.8 Å². The third-order valence-corrected chi connectivity index (χ3v) is 3.93. The van der Waals surface area contributed by atoms with Gasteiger partial charge in [-0.05, 0) is 31.7 Å². The lowest BCUT2D eigenvalue weighted by molar-refractivity contribution is 0.429. The molecule has 1 saturated carbocycles. The SMILES string of the molecule is Cc1cc(C2CCCCC2)nc(C(N)C(C)C)n1. The highest BCUT2D eigenvalue weighted by Crippen LogP contribution is 2.32. The number of hydrogen-bond donors (Lipinski definition) is 1. The van der Waals surface area contributed by atoms with Gasteiger partial charge in [0, 0.05) is 17.3 Å². The molecule has 2 N–H and O–H groups in total. The zero-order valence-corrected chi connectivity index (χ0v) is 11.8. The Morgan fingerprint density at radius 1 is 1.17 bits per heavy atom. The molecule has 0 aliphatic heterocycles. The molecule has 1 aliphatic rings. The molecule has 2 rings (SSSR count). The van der Waals surface area contributed by atoms with Gasteiger partial charge in [0.15, 0.2) is 0 Å². The van der Waals surface area contributed by atoms with Crippen LogP contribution in [0.5, 0.6) is 0 Å². The molecule has 0 amide bonds. The molecule has 1 atom stereocenters. The van der Waals surface area contributed by atoms with Crippen LogP contribution in [0.4, 0.5) is 0 Å². The van der Waals surface area contributed by atoms with Crippen molar-refractivity contribution in [3.05, 3.63) is 23.3 Å². The summed E-state index contributed by atoms with van der Waals surface area (Å²) < 4.78 is 0. The zero-order chi connectivity index (χ0) is 13.1. The highest BCUT2D eigenvalue weighted by atomic mass is 14.9. The molecule has 0 radical (unpaired) electrons. The molecular weight excluding hydrogens is 222 g/mol. The molecule has 0 aromatic carbocycles. The summed E-state index contributed by atoms with van der Waals surface area (Å²) in [5.74, 6) is 1.83. The number of aryl methyl sites for hydroxylation is 1. The minimum atomic E-state index is -0.0489. The van der Waals surface area contributed by atoms with Gasteiger partial charge in [-0.15, -0.1) is 0 Å². The Morgan fingerprint density at radius 3 is 2.44 bits per heavy atom. The van der Waals surface area contributed by atoms with E-state index >= 15 is 0 Å². The van der Waals surface area contributed by atoms with Gasteiger partial charge in [0.1, 0.15) is 5.82 Å².